The summed E-state index contributed by atoms with van der Waals surface area (Å²) in [6.45, 7) is 1.58. The molecular weight excluding hydrogens is 264 g/mol. The molecule has 2 atom stereocenters. The normalized spacial score (nSPS) is 36.6. The highest BCUT2D eigenvalue weighted by Gasteiger charge is 2.56. The van der Waals surface area contributed by atoms with Crippen molar-refractivity contribution in [1.29, 1.82) is 0 Å². The first-order valence-corrected chi connectivity index (χ1v) is 7.81. The molecule has 4 nitrogen and oxygen atoms in total. The van der Waals surface area contributed by atoms with E-state index in [0.717, 1.165) is 11.8 Å². The molecule has 1 aliphatic carbocycles. The third kappa shape index (κ3) is 3.00. The monoisotopic (exact) mass is 283 g/mol. The summed E-state index contributed by atoms with van der Waals surface area (Å²) in [5.74, 6) is 2.14. The first-order valence-electron chi connectivity index (χ1n) is 6.40. The molecule has 1 N–H and O–H groups in total. The van der Waals surface area contributed by atoms with E-state index in [2.05, 4.69) is 9.50 Å². The molecule has 2 saturated heterocycles. The van der Waals surface area contributed by atoms with E-state index in [0.29, 0.717) is 0 Å². The Labute approximate surface area is 106 Å². The maximum Gasteiger partial charge on any atom is 0.394 e. The van der Waals surface area contributed by atoms with Crippen molar-refractivity contribution in [3.8, 4) is 0 Å². The largest absolute Gasteiger partial charge is 0.394 e. The van der Waals surface area contributed by atoms with Gasteiger partial charge in [0.25, 0.3) is 0 Å². The number of hydrogen-bond acceptors (Lipinski definition) is 4. The number of alkyl halides is 2. The maximum atomic E-state index is 11.6. The molecule has 2 heterocycles. The fraction of sp³-hybridized carbons (Fsp3) is 1.00. The third-order valence-electron chi connectivity index (χ3n) is 3.91. The lowest BCUT2D eigenvalue weighted by Crippen LogP contribution is -2.46. The molecule has 2 unspecified atom stereocenters. The molecule has 18 heavy (non-hydrogen) atoms. The Hall–Kier alpha value is -0.270. The van der Waals surface area contributed by atoms with Crippen molar-refractivity contribution >= 4 is 10.1 Å². The molecule has 0 amide bonds. The highest BCUT2D eigenvalue weighted by atomic mass is 32.2. The van der Waals surface area contributed by atoms with Crippen LogP contribution in [0.3, 0.4) is 0 Å². The Morgan fingerprint density at radius 2 is 1.72 bits per heavy atom. The van der Waals surface area contributed by atoms with Crippen LogP contribution in [0.15, 0.2) is 0 Å². The lowest BCUT2D eigenvalue weighted by atomic mass is 9.76. The van der Waals surface area contributed by atoms with Gasteiger partial charge < -0.3 is 5.32 Å². The molecule has 0 bridgehead atoms. The Bertz CT molecular complexity index is 360. The minimum absolute atomic E-state index is 1.00. The van der Waals surface area contributed by atoms with Crippen molar-refractivity contribution in [2.75, 3.05) is 19.7 Å². The van der Waals surface area contributed by atoms with Crippen LogP contribution in [-0.2, 0) is 14.3 Å². The van der Waals surface area contributed by atoms with Crippen LogP contribution in [0.1, 0.15) is 32.1 Å². The highest BCUT2D eigenvalue weighted by molar-refractivity contribution is 7.89. The number of fused-ring (bicyclic) bond motifs is 1. The molecule has 0 aromatic rings. The Morgan fingerprint density at radius 3 is 2.17 bits per heavy atom. The predicted octanol–water partition coefficient (Wildman–Crippen LogP) is 1.73. The number of halogens is 2. The molecule has 0 spiro atoms. The van der Waals surface area contributed by atoms with Gasteiger partial charge in [0.05, 0.1) is 0 Å². The summed E-state index contributed by atoms with van der Waals surface area (Å²) in [5.41, 5.74) is 0. The molecule has 2 aliphatic heterocycles. The lowest BCUT2D eigenvalue weighted by Gasteiger charge is -2.35. The molecule has 7 heteroatoms. The summed E-state index contributed by atoms with van der Waals surface area (Å²) in [6.07, 6.45) is 7.46. The first kappa shape index (κ1) is 14.1. The van der Waals surface area contributed by atoms with Crippen molar-refractivity contribution in [3.63, 3.8) is 0 Å². The minimum Gasteiger partial charge on any atom is -0.316 e. The van der Waals surface area contributed by atoms with Gasteiger partial charge in [0.1, 0.15) is 6.61 Å². The molecule has 3 fully saturated rings. The van der Waals surface area contributed by atoms with Gasteiger partial charge in [0.15, 0.2) is 0 Å². The third-order valence-corrected chi connectivity index (χ3v) is 5.19. The zero-order valence-corrected chi connectivity index (χ0v) is 11.0. The van der Waals surface area contributed by atoms with E-state index < -0.39 is 22.0 Å². The molecule has 1 saturated carbocycles. The van der Waals surface area contributed by atoms with Crippen molar-refractivity contribution in [2.45, 2.75) is 37.4 Å². The number of hydrogen-bond donors (Lipinski definition) is 1. The number of piperidine rings is 1. The van der Waals surface area contributed by atoms with E-state index in [4.69, 9.17) is 0 Å². The van der Waals surface area contributed by atoms with Gasteiger partial charge >= 0.3 is 15.4 Å². The fourth-order valence-corrected chi connectivity index (χ4v) is 3.24. The van der Waals surface area contributed by atoms with E-state index in [1.165, 1.54) is 45.2 Å². The number of rotatable bonds is 0. The summed E-state index contributed by atoms with van der Waals surface area (Å²) in [5, 5.41) is -0.148. The van der Waals surface area contributed by atoms with Gasteiger partial charge in [0, 0.05) is 0 Å². The van der Waals surface area contributed by atoms with Gasteiger partial charge in [-0.2, -0.15) is 17.2 Å². The van der Waals surface area contributed by atoms with E-state index in [1.54, 1.807) is 0 Å². The Balaban J connectivity index is 0.000000138. The Morgan fingerprint density at radius 1 is 1.11 bits per heavy atom. The standard InChI is InChI=1S/C9H17N.C2H2F2O3S/c1-2-4-9-7-10-6-5-8(9)3-1;3-2(4)1-7-8(2,5)6/h8-10H,1-7H2;1H2. The van der Waals surface area contributed by atoms with Crippen molar-refractivity contribution in [3.05, 3.63) is 0 Å². The lowest BCUT2D eigenvalue weighted by molar-refractivity contribution is -0.0234. The molecule has 106 valence electrons. The summed E-state index contributed by atoms with van der Waals surface area (Å²) < 4.78 is 46.3. The van der Waals surface area contributed by atoms with Crippen LogP contribution in [0, 0.1) is 11.8 Å². The molecule has 0 radical (unpaired) electrons. The molecular formula is C11H19F2NO3S. The smallest absolute Gasteiger partial charge is 0.316 e. The second-order valence-corrected chi connectivity index (χ2v) is 6.89. The van der Waals surface area contributed by atoms with Gasteiger partial charge in [-0.3, -0.25) is 4.18 Å². The van der Waals surface area contributed by atoms with Crippen LogP contribution in [0.5, 0.6) is 0 Å². The van der Waals surface area contributed by atoms with Crippen molar-refractivity contribution < 1.29 is 21.4 Å². The summed E-state index contributed by atoms with van der Waals surface area (Å²) in [6, 6.07) is 0. The van der Waals surface area contributed by atoms with E-state index >= 15 is 0 Å². The highest BCUT2D eigenvalue weighted by Crippen LogP contribution is 2.33. The van der Waals surface area contributed by atoms with E-state index in [1.807, 2.05) is 0 Å². The van der Waals surface area contributed by atoms with Crippen molar-refractivity contribution in [2.24, 2.45) is 11.8 Å². The van der Waals surface area contributed by atoms with Crippen LogP contribution in [-0.4, -0.2) is 33.4 Å². The van der Waals surface area contributed by atoms with Gasteiger partial charge in [0.2, 0.25) is 0 Å². The average Bonchev–Trinajstić information content (AvgIpc) is 2.38. The predicted molar refractivity (Wildman–Crippen MR) is 62.8 cm³/mol. The summed E-state index contributed by atoms with van der Waals surface area (Å²) in [4.78, 5) is 0. The summed E-state index contributed by atoms with van der Waals surface area (Å²) >= 11 is 0. The molecule has 0 aromatic carbocycles. The van der Waals surface area contributed by atoms with Gasteiger partial charge in [-0.05, 0) is 37.8 Å². The topological polar surface area (TPSA) is 55.4 Å². The average molecular weight is 283 g/mol. The first-order chi connectivity index (χ1) is 8.42. The van der Waals surface area contributed by atoms with Crippen LogP contribution < -0.4 is 5.32 Å². The number of nitrogens with one attached hydrogen (secondary N) is 1. The van der Waals surface area contributed by atoms with E-state index in [-0.39, 0.29) is 0 Å². The van der Waals surface area contributed by atoms with Gasteiger partial charge in [-0.1, -0.05) is 19.3 Å². The van der Waals surface area contributed by atoms with Gasteiger partial charge in [-0.25, -0.2) is 0 Å². The zero-order chi connectivity index (χ0) is 13.2. The molecule has 0 aromatic heterocycles. The second-order valence-electron chi connectivity index (χ2n) is 5.15. The molecule has 3 rings (SSSR count). The zero-order valence-electron chi connectivity index (χ0n) is 10.2. The summed E-state index contributed by atoms with van der Waals surface area (Å²) in [7, 11) is -4.49. The fourth-order valence-electron chi connectivity index (χ4n) is 2.75. The maximum absolute atomic E-state index is 11.6. The van der Waals surface area contributed by atoms with E-state index in [9.17, 15) is 17.2 Å². The van der Waals surface area contributed by atoms with Crippen LogP contribution >= 0.6 is 0 Å². The van der Waals surface area contributed by atoms with Crippen LogP contribution in [0.2, 0.25) is 0 Å². The minimum atomic E-state index is -4.49. The van der Waals surface area contributed by atoms with Gasteiger partial charge in [-0.15, -0.1) is 0 Å². The molecule has 3 aliphatic rings. The van der Waals surface area contributed by atoms with Crippen molar-refractivity contribution in [1.82, 2.24) is 5.32 Å². The van der Waals surface area contributed by atoms with Crippen LogP contribution in [0.25, 0.3) is 0 Å². The Kier molecular flexibility index (Phi) is 4.23. The van der Waals surface area contributed by atoms with Crippen LogP contribution in [0.4, 0.5) is 8.78 Å². The second kappa shape index (κ2) is 5.38. The SMILES string of the molecule is C1CCC2CNCCC2C1.O=S1(=O)OCC1(F)F. The quantitative estimate of drug-likeness (QED) is 0.688.